The summed E-state index contributed by atoms with van der Waals surface area (Å²) in [6.07, 6.45) is 4.15. The molecule has 0 spiro atoms. The van der Waals surface area contributed by atoms with Crippen molar-refractivity contribution in [2.24, 2.45) is 11.8 Å². The quantitative estimate of drug-likeness (QED) is 0.897. The first-order valence-corrected chi connectivity index (χ1v) is 7.40. The van der Waals surface area contributed by atoms with Crippen LogP contribution in [0.2, 0.25) is 0 Å². The molecule has 0 amide bonds. The molecule has 1 aliphatic heterocycles. The molecule has 0 bridgehead atoms. The largest absolute Gasteiger partial charge is 0.316 e. The normalized spacial score (nSPS) is 26.8. The van der Waals surface area contributed by atoms with Gasteiger partial charge in [0, 0.05) is 31.7 Å². The van der Waals surface area contributed by atoms with E-state index in [0.29, 0.717) is 0 Å². The molecule has 2 nitrogen and oxygen atoms in total. The van der Waals surface area contributed by atoms with Crippen LogP contribution in [0.15, 0.2) is 18.2 Å². The Morgan fingerprint density at radius 3 is 2.68 bits per heavy atom. The Labute approximate surface area is 115 Å². The van der Waals surface area contributed by atoms with Gasteiger partial charge in [0.05, 0.1) is 0 Å². The molecular formula is C16H23FN2. The summed E-state index contributed by atoms with van der Waals surface area (Å²) < 4.78 is 13.9. The molecule has 19 heavy (non-hydrogen) atoms. The number of rotatable bonds is 4. The fourth-order valence-electron chi connectivity index (χ4n) is 3.77. The number of benzene rings is 1. The van der Waals surface area contributed by atoms with Crippen molar-refractivity contribution in [2.75, 3.05) is 20.1 Å². The van der Waals surface area contributed by atoms with E-state index in [2.05, 4.69) is 10.2 Å². The Hall–Kier alpha value is -0.930. The van der Waals surface area contributed by atoms with Crippen LogP contribution in [0.5, 0.6) is 0 Å². The maximum atomic E-state index is 13.9. The molecule has 3 heteroatoms. The molecule has 0 aromatic heterocycles. The van der Waals surface area contributed by atoms with Gasteiger partial charge in [0.15, 0.2) is 0 Å². The molecular weight excluding hydrogens is 239 g/mol. The predicted octanol–water partition coefficient (Wildman–Crippen LogP) is 2.78. The number of nitrogens with one attached hydrogen (secondary N) is 1. The topological polar surface area (TPSA) is 15.3 Å². The fraction of sp³-hybridized carbons (Fsp3) is 0.625. The van der Waals surface area contributed by atoms with Gasteiger partial charge >= 0.3 is 0 Å². The molecule has 2 unspecified atom stereocenters. The van der Waals surface area contributed by atoms with E-state index in [9.17, 15) is 4.39 Å². The van der Waals surface area contributed by atoms with Crippen molar-refractivity contribution in [1.29, 1.82) is 0 Å². The van der Waals surface area contributed by atoms with E-state index in [1.165, 1.54) is 37.9 Å². The fourth-order valence-corrected chi connectivity index (χ4v) is 3.77. The number of hydrogen-bond donors (Lipinski definition) is 1. The summed E-state index contributed by atoms with van der Waals surface area (Å²) in [5.74, 6) is 1.70. The zero-order valence-electron chi connectivity index (χ0n) is 11.7. The minimum Gasteiger partial charge on any atom is -0.316 e. The first-order chi connectivity index (χ1) is 9.26. The van der Waals surface area contributed by atoms with Crippen LogP contribution in [0.4, 0.5) is 4.39 Å². The maximum absolute atomic E-state index is 13.9. The molecule has 2 atom stereocenters. The lowest BCUT2D eigenvalue weighted by Gasteiger charge is -2.17. The molecule has 1 saturated carbocycles. The Bertz CT molecular complexity index is 434. The Balaban J connectivity index is 1.67. The van der Waals surface area contributed by atoms with Crippen molar-refractivity contribution in [3.63, 3.8) is 0 Å². The van der Waals surface area contributed by atoms with Crippen LogP contribution in [0.3, 0.4) is 0 Å². The Morgan fingerprint density at radius 1 is 1.26 bits per heavy atom. The third-order valence-electron chi connectivity index (χ3n) is 4.69. The standard InChI is InChI=1S/C16H23FN2/c1-18-8-12-5-6-16(17)15(7-12)11-19-9-13-3-2-4-14(13)10-19/h5-7,13-14,18H,2-4,8-11H2,1H3. The second-order valence-corrected chi connectivity index (χ2v) is 6.10. The molecule has 1 N–H and O–H groups in total. The molecule has 3 rings (SSSR count). The van der Waals surface area contributed by atoms with Gasteiger partial charge < -0.3 is 5.32 Å². The summed E-state index contributed by atoms with van der Waals surface area (Å²) >= 11 is 0. The van der Waals surface area contributed by atoms with Crippen molar-refractivity contribution in [3.8, 4) is 0 Å². The molecule has 1 aliphatic carbocycles. The smallest absolute Gasteiger partial charge is 0.127 e. The molecule has 0 radical (unpaired) electrons. The van der Waals surface area contributed by atoms with Crippen LogP contribution in [0, 0.1) is 17.7 Å². The van der Waals surface area contributed by atoms with E-state index in [0.717, 1.165) is 30.5 Å². The van der Waals surface area contributed by atoms with Crippen LogP contribution in [0.1, 0.15) is 30.4 Å². The average molecular weight is 262 g/mol. The summed E-state index contributed by atoms with van der Waals surface area (Å²) in [6, 6.07) is 5.49. The van der Waals surface area contributed by atoms with Gasteiger partial charge in [-0.2, -0.15) is 0 Å². The second-order valence-electron chi connectivity index (χ2n) is 6.10. The van der Waals surface area contributed by atoms with Gasteiger partial charge in [-0.05, 0) is 43.4 Å². The zero-order valence-corrected chi connectivity index (χ0v) is 11.7. The van der Waals surface area contributed by atoms with Crippen molar-refractivity contribution < 1.29 is 4.39 Å². The van der Waals surface area contributed by atoms with E-state index in [4.69, 9.17) is 0 Å². The third kappa shape index (κ3) is 2.82. The van der Waals surface area contributed by atoms with Crippen molar-refractivity contribution in [2.45, 2.75) is 32.4 Å². The highest BCUT2D eigenvalue weighted by Crippen LogP contribution is 2.38. The van der Waals surface area contributed by atoms with Crippen LogP contribution < -0.4 is 5.32 Å². The first-order valence-electron chi connectivity index (χ1n) is 7.40. The molecule has 1 saturated heterocycles. The summed E-state index contributed by atoms with van der Waals surface area (Å²) in [4.78, 5) is 2.44. The van der Waals surface area contributed by atoms with Crippen LogP contribution in [-0.4, -0.2) is 25.0 Å². The van der Waals surface area contributed by atoms with Crippen LogP contribution in [-0.2, 0) is 13.1 Å². The van der Waals surface area contributed by atoms with E-state index < -0.39 is 0 Å². The third-order valence-corrected chi connectivity index (χ3v) is 4.69. The monoisotopic (exact) mass is 262 g/mol. The SMILES string of the molecule is CNCc1ccc(F)c(CN2CC3CCCC3C2)c1. The minimum absolute atomic E-state index is 0.0584. The van der Waals surface area contributed by atoms with E-state index in [1.54, 1.807) is 6.07 Å². The highest BCUT2D eigenvalue weighted by atomic mass is 19.1. The zero-order chi connectivity index (χ0) is 13.2. The van der Waals surface area contributed by atoms with Gasteiger partial charge in [-0.1, -0.05) is 18.6 Å². The molecule has 1 aromatic rings. The second kappa shape index (κ2) is 5.59. The van der Waals surface area contributed by atoms with E-state index in [1.807, 2.05) is 19.2 Å². The summed E-state index contributed by atoms with van der Waals surface area (Å²) in [5.41, 5.74) is 2.02. The maximum Gasteiger partial charge on any atom is 0.127 e. The Kier molecular flexibility index (Phi) is 3.85. The number of halogens is 1. The summed E-state index contributed by atoms with van der Waals surface area (Å²) in [5, 5.41) is 3.12. The highest BCUT2D eigenvalue weighted by Gasteiger charge is 2.35. The molecule has 2 aliphatic rings. The van der Waals surface area contributed by atoms with Crippen LogP contribution >= 0.6 is 0 Å². The Morgan fingerprint density at radius 2 is 2.00 bits per heavy atom. The van der Waals surface area contributed by atoms with Crippen molar-refractivity contribution in [1.82, 2.24) is 10.2 Å². The highest BCUT2D eigenvalue weighted by molar-refractivity contribution is 5.25. The average Bonchev–Trinajstić information content (AvgIpc) is 2.94. The lowest BCUT2D eigenvalue weighted by atomic mass is 10.0. The summed E-state index contributed by atoms with van der Waals surface area (Å²) in [6.45, 7) is 3.91. The number of likely N-dealkylation sites (tertiary alicyclic amines) is 1. The van der Waals surface area contributed by atoms with Gasteiger partial charge in [0.2, 0.25) is 0 Å². The van der Waals surface area contributed by atoms with Gasteiger partial charge in [0.1, 0.15) is 5.82 Å². The van der Waals surface area contributed by atoms with E-state index in [-0.39, 0.29) is 5.82 Å². The van der Waals surface area contributed by atoms with Gasteiger partial charge in [0.25, 0.3) is 0 Å². The molecule has 104 valence electrons. The van der Waals surface area contributed by atoms with Crippen LogP contribution in [0.25, 0.3) is 0 Å². The number of hydrogen-bond acceptors (Lipinski definition) is 2. The molecule has 1 heterocycles. The van der Waals surface area contributed by atoms with Gasteiger partial charge in [-0.25, -0.2) is 4.39 Å². The molecule has 1 aromatic carbocycles. The summed E-state index contributed by atoms with van der Waals surface area (Å²) in [7, 11) is 1.92. The first kappa shape index (κ1) is 13.1. The lowest BCUT2D eigenvalue weighted by molar-refractivity contribution is 0.298. The van der Waals surface area contributed by atoms with E-state index >= 15 is 0 Å². The number of fused-ring (bicyclic) bond motifs is 1. The van der Waals surface area contributed by atoms with Gasteiger partial charge in [-0.15, -0.1) is 0 Å². The minimum atomic E-state index is -0.0584. The molecule has 2 fully saturated rings. The predicted molar refractivity (Wildman–Crippen MR) is 75.3 cm³/mol. The van der Waals surface area contributed by atoms with Gasteiger partial charge in [-0.3, -0.25) is 4.90 Å². The van der Waals surface area contributed by atoms with Crippen molar-refractivity contribution in [3.05, 3.63) is 35.1 Å². The lowest BCUT2D eigenvalue weighted by Crippen LogP contribution is -2.22. The van der Waals surface area contributed by atoms with Crippen molar-refractivity contribution >= 4 is 0 Å². The number of nitrogens with zero attached hydrogens (tertiary/aromatic N) is 1.